The van der Waals surface area contributed by atoms with Crippen LogP contribution >= 0.6 is 15.9 Å². The van der Waals surface area contributed by atoms with Crippen molar-refractivity contribution in [3.8, 4) is 0 Å². The summed E-state index contributed by atoms with van der Waals surface area (Å²) in [6, 6.07) is 5.45. The zero-order valence-corrected chi connectivity index (χ0v) is 12.9. The van der Waals surface area contributed by atoms with E-state index in [1.165, 1.54) is 6.26 Å². The fourth-order valence-corrected chi connectivity index (χ4v) is 2.88. The van der Waals surface area contributed by atoms with Crippen molar-refractivity contribution in [2.24, 2.45) is 0 Å². The highest BCUT2D eigenvalue weighted by Crippen LogP contribution is 2.28. The second-order valence-corrected chi connectivity index (χ2v) is 5.75. The van der Waals surface area contributed by atoms with E-state index in [1.807, 2.05) is 12.1 Å². The Morgan fingerprint density at radius 1 is 1.33 bits per heavy atom. The van der Waals surface area contributed by atoms with Gasteiger partial charge in [-0.2, -0.15) is 0 Å². The van der Waals surface area contributed by atoms with E-state index in [0.717, 1.165) is 18.4 Å². The third-order valence-corrected chi connectivity index (χ3v) is 4.12. The molecule has 1 aliphatic rings. The minimum Gasteiger partial charge on any atom is -0.458 e. The monoisotopic (exact) mass is 350 g/mol. The smallest absolute Gasteiger partial charge is 0.288 e. The molecule has 0 aromatic carbocycles. The van der Waals surface area contributed by atoms with Crippen LogP contribution in [0.4, 0.5) is 0 Å². The number of hydrogen-bond donors (Lipinski definition) is 1. The molecular weight excluding hydrogens is 336 g/mol. The Bertz CT molecular complexity index is 614. The van der Waals surface area contributed by atoms with Crippen molar-refractivity contribution in [2.45, 2.75) is 25.0 Å². The lowest BCUT2D eigenvalue weighted by molar-refractivity contribution is -0.00977. The summed E-state index contributed by atoms with van der Waals surface area (Å²) in [5, 5.41) is 3.00. The summed E-state index contributed by atoms with van der Waals surface area (Å²) in [6.07, 6.45) is 6.59. The number of furan rings is 1. The molecule has 0 unspecified atom stereocenters. The van der Waals surface area contributed by atoms with Gasteiger partial charge in [0, 0.05) is 19.0 Å². The fraction of sp³-hybridized carbons (Fsp3) is 0.333. The van der Waals surface area contributed by atoms with E-state index in [2.05, 4.69) is 26.2 Å². The van der Waals surface area contributed by atoms with Crippen LogP contribution in [0.1, 0.15) is 35.1 Å². The molecule has 0 spiro atoms. The SMILES string of the molecule is O=C(N[C@H]1CCCO[C@@H]1c1ccncc1)c1occc1Br. The predicted octanol–water partition coefficient (Wildman–Crippen LogP) is 3.09. The van der Waals surface area contributed by atoms with Crippen LogP contribution in [0.5, 0.6) is 0 Å². The van der Waals surface area contributed by atoms with Gasteiger partial charge in [0.1, 0.15) is 6.10 Å². The summed E-state index contributed by atoms with van der Waals surface area (Å²) in [4.78, 5) is 16.3. The van der Waals surface area contributed by atoms with E-state index < -0.39 is 0 Å². The molecule has 2 atom stereocenters. The number of halogens is 1. The number of nitrogens with one attached hydrogen (secondary N) is 1. The Balaban J connectivity index is 1.76. The summed E-state index contributed by atoms with van der Waals surface area (Å²) in [7, 11) is 0. The number of carbonyl (C=O) groups is 1. The quantitative estimate of drug-likeness (QED) is 0.923. The predicted molar refractivity (Wildman–Crippen MR) is 79.8 cm³/mol. The van der Waals surface area contributed by atoms with Crippen molar-refractivity contribution < 1.29 is 13.9 Å². The highest BCUT2D eigenvalue weighted by atomic mass is 79.9. The molecule has 110 valence electrons. The fourth-order valence-electron chi connectivity index (χ4n) is 2.50. The lowest BCUT2D eigenvalue weighted by Gasteiger charge is -2.32. The van der Waals surface area contributed by atoms with Crippen LogP contribution in [0, 0.1) is 0 Å². The Morgan fingerprint density at radius 2 is 2.14 bits per heavy atom. The molecule has 0 radical (unpaired) electrons. The third kappa shape index (κ3) is 3.16. The van der Waals surface area contributed by atoms with Crippen molar-refractivity contribution in [1.82, 2.24) is 10.3 Å². The summed E-state index contributed by atoms with van der Waals surface area (Å²) >= 11 is 3.30. The number of ether oxygens (including phenoxy) is 1. The zero-order chi connectivity index (χ0) is 14.7. The number of carbonyl (C=O) groups excluding carboxylic acids is 1. The molecule has 3 heterocycles. The first kappa shape index (κ1) is 14.3. The molecule has 5 nitrogen and oxygen atoms in total. The minimum atomic E-state index is -0.235. The molecule has 6 heteroatoms. The van der Waals surface area contributed by atoms with Crippen molar-refractivity contribution in [3.05, 3.63) is 52.7 Å². The first-order chi connectivity index (χ1) is 10.3. The van der Waals surface area contributed by atoms with Gasteiger partial charge in [0.25, 0.3) is 5.91 Å². The van der Waals surface area contributed by atoms with Gasteiger partial charge in [0.15, 0.2) is 0 Å². The number of pyridine rings is 1. The van der Waals surface area contributed by atoms with E-state index in [9.17, 15) is 4.79 Å². The average Bonchev–Trinajstić information content (AvgIpc) is 2.95. The van der Waals surface area contributed by atoms with Crippen LogP contribution in [-0.4, -0.2) is 23.5 Å². The van der Waals surface area contributed by atoms with E-state index in [0.29, 0.717) is 11.1 Å². The molecule has 2 aromatic heterocycles. The summed E-state index contributed by atoms with van der Waals surface area (Å²) in [5.74, 6) is 0.0514. The Labute approximate surface area is 130 Å². The van der Waals surface area contributed by atoms with Gasteiger partial charge in [-0.15, -0.1) is 0 Å². The maximum Gasteiger partial charge on any atom is 0.288 e. The Morgan fingerprint density at radius 3 is 2.86 bits per heavy atom. The highest BCUT2D eigenvalue weighted by Gasteiger charge is 2.30. The lowest BCUT2D eigenvalue weighted by atomic mass is 9.96. The third-order valence-electron chi connectivity index (χ3n) is 3.50. The van der Waals surface area contributed by atoms with Gasteiger partial charge in [-0.05, 0) is 52.5 Å². The highest BCUT2D eigenvalue weighted by molar-refractivity contribution is 9.10. The molecule has 1 amide bonds. The molecule has 1 aliphatic heterocycles. The van der Waals surface area contributed by atoms with E-state index in [-0.39, 0.29) is 23.8 Å². The number of hydrogen-bond acceptors (Lipinski definition) is 4. The molecule has 0 bridgehead atoms. The van der Waals surface area contributed by atoms with Crippen molar-refractivity contribution in [2.75, 3.05) is 6.61 Å². The van der Waals surface area contributed by atoms with Crippen LogP contribution in [0.25, 0.3) is 0 Å². The molecular formula is C15H15BrN2O3. The average molecular weight is 351 g/mol. The van der Waals surface area contributed by atoms with Gasteiger partial charge in [0.05, 0.1) is 16.8 Å². The molecule has 0 saturated carbocycles. The largest absolute Gasteiger partial charge is 0.458 e. The second kappa shape index (κ2) is 6.41. The molecule has 3 rings (SSSR count). The van der Waals surface area contributed by atoms with Crippen LogP contribution in [0.3, 0.4) is 0 Å². The van der Waals surface area contributed by atoms with Crippen molar-refractivity contribution >= 4 is 21.8 Å². The van der Waals surface area contributed by atoms with E-state index in [1.54, 1.807) is 18.5 Å². The number of aromatic nitrogens is 1. The van der Waals surface area contributed by atoms with Crippen LogP contribution < -0.4 is 5.32 Å². The van der Waals surface area contributed by atoms with E-state index >= 15 is 0 Å². The molecule has 1 fully saturated rings. The van der Waals surface area contributed by atoms with Crippen LogP contribution in [0.15, 0.2) is 45.7 Å². The molecule has 1 N–H and O–H groups in total. The minimum absolute atomic E-state index is 0.0781. The first-order valence-corrected chi connectivity index (χ1v) is 7.60. The Hall–Kier alpha value is -1.66. The zero-order valence-electron chi connectivity index (χ0n) is 11.3. The molecule has 2 aromatic rings. The van der Waals surface area contributed by atoms with Gasteiger partial charge in [-0.1, -0.05) is 0 Å². The second-order valence-electron chi connectivity index (χ2n) is 4.89. The summed E-state index contributed by atoms with van der Waals surface area (Å²) < 4.78 is 11.7. The Kier molecular flexibility index (Phi) is 4.36. The number of rotatable bonds is 3. The lowest BCUT2D eigenvalue weighted by Crippen LogP contribution is -2.42. The normalized spacial score (nSPS) is 22.0. The van der Waals surface area contributed by atoms with Crippen molar-refractivity contribution in [1.29, 1.82) is 0 Å². The first-order valence-electron chi connectivity index (χ1n) is 6.81. The number of amides is 1. The van der Waals surface area contributed by atoms with Gasteiger partial charge in [-0.25, -0.2) is 0 Å². The standard InChI is InChI=1S/C15H15BrN2O3/c16-11-5-9-21-14(11)15(19)18-12-2-1-8-20-13(12)10-3-6-17-7-4-10/h3-7,9,12-13H,1-2,8H2,(H,18,19)/t12-,13+/m0/s1. The maximum absolute atomic E-state index is 12.3. The van der Waals surface area contributed by atoms with E-state index in [4.69, 9.17) is 9.15 Å². The van der Waals surface area contributed by atoms with Gasteiger partial charge >= 0.3 is 0 Å². The topological polar surface area (TPSA) is 64.4 Å². The molecule has 21 heavy (non-hydrogen) atoms. The molecule has 0 aliphatic carbocycles. The van der Waals surface area contributed by atoms with Gasteiger partial charge in [0.2, 0.25) is 5.76 Å². The molecule has 1 saturated heterocycles. The maximum atomic E-state index is 12.3. The van der Waals surface area contributed by atoms with Gasteiger partial charge in [-0.3, -0.25) is 9.78 Å². The van der Waals surface area contributed by atoms with Crippen molar-refractivity contribution in [3.63, 3.8) is 0 Å². The number of nitrogens with zero attached hydrogens (tertiary/aromatic N) is 1. The van der Waals surface area contributed by atoms with Gasteiger partial charge < -0.3 is 14.5 Å². The summed E-state index contributed by atoms with van der Waals surface area (Å²) in [5.41, 5.74) is 1.02. The van der Waals surface area contributed by atoms with Crippen LogP contribution in [0.2, 0.25) is 0 Å². The summed E-state index contributed by atoms with van der Waals surface area (Å²) in [6.45, 7) is 0.698. The van der Waals surface area contributed by atoms with Crippen LogP contribution in [-0.2, 0) is 4.74 Å².